The van der Waals surface area contributed by atoms with Crippen molar-refractivity contribution in [3.8, 4) is 16.9 Å². The van der Waals surface area contributed by atoms with Crippen LogP contribution >= 0.6 is 0 Å². The first-order chi connectivity index (χ1) is 17.3. The van der Waals surface area contributed by atoms with Crippen molar-refractivity contribution >= 4 is 28.5 Å². The van der Waals surface area contributed by atoms with E-state index in [0.29, 0.717) is 39.4 Å². The Hall–Kier alpha value is -3.74. The van der Waals surface area contributed by atoms with E-state index < -0.39 is 0 Å². The molecular weight excluding hydrogens is 456 g/mol. The molecule has 1 fully saturated rings. The van der Waals surface area contributed by atoms with Crippen LogP contribution < -0.4 is 4.74 Å². The normalized spacial score (nSPS) is 14.3. The molecule has 2 amide bonds. The van der Waals surface area contributed by atoms with Crippen LogP contribution in [0.5, 0.6) is 5.75 Å². The minimum Gasteiger partial charge on any atom is -0.493 e. The van der Waals surface area contributed by atoms with Gasteiger partial charge in [0.05, 0.1) is 19.5 Å². The van der Waals surface area contributed by atoms with E-state index in [1.54, 1.807) is 29.1 Å². The zero-order valence-corrected chi connectivity index (χ0v) is 21.7. The van der Waals surface area contributed by atoms with Gasteiger partial charge in [0.25, 0.3) is 0 Å². The van der Waals surface area contributed by atoms with Gasteiger partial charge in [-0.15, -0.1) is 0 Å². The number of ether oxygens (including phenoxy) is 2. The quantitative estimate of drug-likeness (QED) is 0.407. The molecule has 2 heterocycles. The van der Waals surface area contributed by atoms with Crippen molar-refractivity contribution in [1.29, 1.82) is 0 Å². The van der Waals surface area contributed by atoms with Gasteiger partial charge < -0.3 is 23.7 Å². The first-order valence-corrected chi connectivity index (χ1v) is 12.5. The van der Waals surface area contributed by atoms with Gasteiger partial charge in [0, 0.05) is 54.3 Å². The Morgan fingerprint density at radius 3 is 2.31 bits per heavy atom. The van der Waals surface area contributed by atoms with Gasteiger partial charge in [0.1, 0.15) is 11.3 Å². The number of rotatable bonds is 6. The van der Waals surface area contributed by atoms with Gasteiger partial charge in [0.15, 0.2) is 0 Å². The largest absolute Gasteiger partial charge is 0.493 e. The van der Waals surface area contributed by atoms with Crippen molar-refractivity contribution in [2.24, 2.45) is 0 Å². The number of hydrogen-bond donors (Lipinski definition) is 0. The SMILES string of the molecule is CCOC(=O)N1CCN(C(=O)/C=C(\C)c2cc3c(-c4ccc(C)cc4)coc3c(C)c2OCC)CC1. The molecule has 1 aliphatic rings. The molecule has 2 aromatic carbocycles. The molecule has 36 heavy (non-hydrogen) atoms. The number of amides is 2. The lowest BCUT2D eigenvalue weighted by atomic mass is 9.96. The maximum Gasteiger partial charge on any atom is 0.409 e. The number of nitrogens with zero attached hydrogens (tertiary/aromatic N) is 2. The predicted molar refractivity (Wildman–Crippen MR) is 141 cm³/mol. The molecule has 3 aromatic rings. The topological polar surface area (TPSA) is 72.2 Å². The Bertz CT molecular complexity index is 1280. The molecule has 0 spiro atoms. The zero-order valence-electron chi connectivity index (χ0n) is 21.7. The second-order valence-electron chi connectivity index (χ2n) is 9.04. The molecule has 190 valence electrons. The number of aryl methyl sites for hydroxylation is 2. The summed E-state index contributed by atoms with van der Waals surface area (Å²) in [5.41, 5.74) is 6.66. The third-order valence-electron chi connectivity index (χ3n) is 6.58. The van der Waals surface area contributed by atoms with Gasteiger partial charge in [-0.3, -0.25) is 4.79 Å². The second-order valence-corrected chi connectivity index (χ2v) is 9.04. The molecule has 1 aromatic heterocycles. The van der Waals surface area contributed by atoms with E-state index in [-0.39, 0.29) is 12.0 Å². The van der Waals surface area contributed by atoms with E-state index in [1.165, 1.54) is 5.56 Å². The van der Waals surface area contributed by atoms with Crippen LogP contribution in [0.2, 0.25) is 0 Å². The van der Waals surface area contributed by atoms with Crippen LogP contribution in [0.25, 0.3) is 27.7 Å². The van der Waals surface area contributed by atoms with Crippen molar-refractivity contribution < 1.29 is 23.5 Å². The monoisotopic (exact) mass is 490 g/mol. The first-order valence-electron chi connectivity index (χ1n) is 12.5. The van der Waals surface area contributed by atoms with Crippen molar-refractivity contribution in [3.05, 3.63) is 59.4 Å². The maximum absolute atomic E-state index is 13.1. The molecule has 1 saturated heterocycles. The molecule has 7 heteroatoms. The average Bonchev–Trinajstić information content (AvgIpc) is 3.30. The van der Waals surface area contributed by atoms with Crippen molar-refractivity contribution in [1.82, 2.24) is 9.80 Å². The van der Waals surface area contributed by atoms with Crippen LogP contribution in [0.15, 0.2) is 47.1 Å². The van der Waals surface area contributed by atoms with E-state index in [0.717, 1.165) is 44.5 Å². The molecular formula is C29H34N2O5. The Morgan fingerprint density at radius 2 is 1.67 bits per heavy atom. The Balaban J connectivity index is 1.65. The Labute approximate surface area is 212 Å². The molecule has 7 nitrogen and oxygen atoms in total. The first kappa shape index (κ1) is 25.4. The highest BCUT2D eigenvalue weighted by Gasteiger charge is 2.25. The summed E-state index contributed by atoms with van der Waals surface area (Å²) < 4.78 is 17.1. The van der Waals surface area contributed by atoms with E-state index in [9.17, 15) is 9.59 Å². The van der Waals surface area contributed by atoms with E-state index >= 15 is 0 Å². The second kappa shape index (κ2) is 10.9. The summed E-state index contributed by atoms with van der Waals surface area (Å²) in [6.07, 6.45) is 3.12. The predicted octanol–water partition coefficient (Wildman–Crippen LogP) is 5.82. The highest BCUT2D eigenvalue weighted by Crippen LogP contribution is 2.40. The summed E-state index contributed by atoms with van der Waals surface area (Å²) >= 11 is 0. The van der Waals surface area contributed by atoms with E-state index in [1.807, 2.05) is 20.8 Å². The lowest BCUT2D eigenvalue weighted by Gasteiger charge is -2.33. The van der Waals surface area contributed by atoms with Gasteiger partial charge in [0.2, 0.25) is 5.91 Å². The molecule has 1 aliphatic heterocycles. The molecule has 0 bridgehead atoms. The van der Waals surface area contributed by atoms with Crippen LogP contribution in [0.1, 0.15) is 37.5 Å². The van der Waals surface area contributed by atoms with Crippen LogP contribution in [0.4, 0.5) is 4.79 Å². The number of carbonyl (C=O) groups is 2. The number of fused-ring (bicyclic) bond motifs is 1. The van der Waals surface area contributed by atoms with Gasteiger partial charge >= 0.3 is 6.09 Å². The van der Waals surface area contributed by atoms with Crippen LogP contribution in [-0.4, -0.2) is 61.2 Å². The van der Waals surface area contributed by atoms with E-state index in [2.05, 4.69) is 37.3 Å². The molecule has 0 N–H and O–H groups in total. The maximum atomic E-state index is 13.1. The minimum absolute atomic E-state index is 0.0813. The standard InChI is InChI=1S/C29H34N2O5/c1-6-34-27-21(5)28-24(25(18-36-28)22-10-8-19(3)9-11-22)17-23(27)20(4)16-26(32)30-12-14-31(15-13-30)29(33)35-7-2/h8-11,16-18H,6-7,12-15H2,1-5H3/b20-16+. The fourth-order valence-corrected chi connectivity index (χ4v) is 4.57. The number of hydrogen-bond acceptors (Lipinski definition) is 5. The smallest absolute Gasteiger partial charge is 0.409 e. The highest BCUT2D eigenvalue weighted by atomic mass is 16.6. The lowest BCUT2D eigenvalue weighted by molar-refractivity contribution is -0.127. The molecule has 4 rings (SSSR count). The molecule has 0 unspecified atom stereocenters. The fraction of sp³-hybridized carbons (Fsp3) is 0.379. The third-order valence-corrected chi connectivity index (χ3v) is 6.58. The summed E-state index contributed by atoms with van der Waals surface area (Å²) in [6, 6.07) is 10.4. The van der Waals surface area contributed by atoms with Gasteiger partial charge in [-0.2, -0.15) is 0 Å². The molecule has 0 radical (unpaired) electrons. The average molecular weight is 491 g/mol. The van der Waals surface area contributed by atoms with Crippen LogP contribution in [0.3, 0.4) is 0 Å². The van der Waals surface area contributed by atoms with Crippen molar-refractivity contribution in [2.45, 2.75) is 34.6 Å². The summed E-state index contributed by atoms with van der Waals surface area (Å²) in [5.74, 6) is 0.644. The van der Waals surface area contributed by atoms with Gasteiger partial charge in [-0.05, 0) is 51.8 Å². The molecule has 0 saturated carbocycles. The van der Waals surface area contributed by atoms with Crippen LogP contribution in [0, 0.1) is 13.8 Å². The highest BCUT2D eigenvalue weighted by molar-refractivity contribution is 6.01. The third kappa shape index (κ3) is 5.10. The number of furan rings is 1. The summed E-state index contributed by atoms with van der Waals surface area (Å²) in [5, 5.41) is 0.984. The summed E-state index contributed by atoms with van der Waals surface area (Å²) in [4.78, 5) is 28.5. The van der Waals surface area contributed by atoms with Gasteiger partial charge in [-0.25, -0.2) is 4.79 Å². The van der Waals surface area contributed by atoms with Crippen molar-refractivity contribution in [3.63, 3.8) is 0 Å². The minimum atomic E-state index is -0.328. The van der Waals surface area contributed by atoms with E-state index in [4.69, 9.17) is 13.9 Å². The van der Waals surface area contributed by atoms with Crippen molar-refractivity contribution in [2.75, 3.05) is 39.4 Å². The lowest BCUT2D eigenvalue weighted by Crippen LogP contribution is -2.50. The molecule has 0 atom stereocenters. The zero-order chi connectivity index (χ0) is 25.8. The number of allylic oxidation sites excluding steroid dienone is 1. The number of piperazine rings is 1. The summed E-state index contributed by atoms with van der Waals surface area (Å²) in [6.45, 7) is 12.4. The fourth-order valence-electron chi connectivity index (χ4n) is 4.57. The summed E-state index contributed by atoms with van der Waals surface area (Å²) in [7, 11) is 0. The Kier molecular flexibility index (Phi) is 7.67. The van der Waals surface area contributed by atoms with Crippen LogP contribution in [-0.2, 0) is 9.53 Å². The Morgan fingerprint density at radius 1 is 1.00 bits per heavy atom. The number of benzene rings is 2. The van der Waals surface area contributed by atoms with Gasteiger partial charge in [-0.1, -0.05) is 29.8 Å². The molecule has 0 aliphatic carbocycles. The number of carbonyl (C=O) groups excluding carboxylic acids is 2.